The van der Waals surface area contributed by atoms with Crippen LogP contribution in [0.15, 0.2) is 18.3 Å². The van der Waals surface area contributed by atoms with Crippen LogP contribution in [0.4, 0.5) is 0 Å². The summed E-state index contributed by atoms with van der Waals surface area (Å²) < 4.78 is 0. The first-order chi connectivity index (χ1) is 7.38. The van der Waals surface area contributed by atoms with Gasteiger partial charge in [-0.2, -0.15) is 0 Å². The first-order valence-corrected chi connectivity index (χ1v) is 5.08. The smallest absolute Gasteiger partial charge is 0.250 e. The van der Waals surface area contributed by atoms with E-state index in [0.29, 0.717) is 11.3 Å². The first kappa shape index (κ1) is 12.4. The lowest BCUT2D eigenvalue weighted by Crippen LogP contribution is -2.25. The van der Waals surface area contributed by atoms with Crippen molar-refractivity contribution in [3.05, 3.63) is 29.6 Å². The van der Waals surface area contributed by atoms with Crippen molar-refractivity contribution < 1.29 is 9.59 Å². The van der Waals surface area contributed by atoms with E-state index in [4.69, 9.17) is 5.73 Å². The fourth-order valence-corrected chi connectivity index (χ4v) is 1.55. The predicted octanol–water partition coefficient (Wildman–Crippen LogP) is 1.51. The van der Waals surface area contributed by atoms with Crippen LogP contribution in [-0.4, -0.2) is 17.2 Å². The maximum Gasteiger partial charge on any atom is 0.250 e. The van der Waals surface area contributed by atoms with Gasteiger partial charge in [-0.25, -0.2) is 0 Å². The van der Waals surface area contributed by atoms with Crippen LogP contribution in [0.1, 0.15) is 42.7 Å². The van der Waals surface area contributed by atoms with Gasteiger partial charge in [0.25, 0.3) is 5.91 Å². The molecule has 1 amide bonds. The second-order valence-corrected chi connectivity index (χ2v) is 4.78. The topological polar surface area (TPSA) is 73.1 Å². The molecule has 1 heterocycles. The molecule has 0 aliphatic rings. The zero-order valence-electron chi connectivity index (χ0n) is 9.73. The number of amides is 1. The van der Waals surface area contributed by atoms with Gasteiger partial charge in [0, 0.05) is 6.20 Å². The molecule has 16 heavy (non-hydrogen) atoms. The minimum absolute atomic E-state index is 0.291. The Balaban J connectivity index is 3.30. The second kappa shape index (κ2) is 4.43. The molecule has 0 saturated carbocycles. The Morgan fingerprint density at radius 1 is 1.50 bits per heavy atom. The molecule has 0 saturated heterocycles. The molecule has 1 rings (SSSR count). The van der Waals surface area contributed by atoms with Crippen LogP contribution in [0.5, 0.6) is 0 Å². The lowest BCUT2D eigenvalue weighted by molar-refractivity contribution is -0.111. The second-order valence-electron chi connectivity index (χ2n) is 4.78. The molecule has 4 heteroatoms. The molecule has 4 nitrogen and oxygen atoms in total. The molecule has 0 radical (unpaired) electrons. The van der Waals surface area contributed by atoms with Gasteiger partial charge in [-0.1, -0.05) is 20.8 Å². The third-order valence-electron chi connectivity index (χ3n) is 2.47. The highest BCUT2D eigenvalue weighted by molar-refractivity contribution is 5.94. The van der Waals surface area contributed by atoms with Crippen molar-refractivity contribution in [2.75, 3.05) is 0 Å². The number of rotatable bonds is 3. The molecule has 1 aromatic heterocycles. The molecule has 1 unspecified atom stereocenters. The summed E-state index contributed by atoms with van der Waals surface area (Å²) in [7, 11) is 0. The van der Waals surface area contributed by atoms with Crippen LogP contribution in [0.3, 0.4) is 0 Å². The largest absolute Gasteiger partial charge is 0.366 e. The third kappa shape index (κ3) is 2.45. The third-order valence-corrected chi connectivity index (χ3v) is 2.47. The van der Waals surface area contributed by atoms with Crippen molar-refractivity contribution >= 4 is 12.2 Å². The van der Waals surface area contributed by atoms with Gasteiger partial charge in [-0.15, -0.1) is 0 Å². The summed E-state index contributed by atoms with van der Waals surface area (Å²) in [6.45, 7) is 5.77. The monoisotopic (exact) mass is 220 g/mol. The molecule has 1 aromatic rings. The standard InChI is InChI=1S/C12H16N2O2/c1-12(2,3)9(7-15)10-8(11(13)16)5-4-6-14-10/h4-7,9H,1-3H3,(H2,13,16). The Kier molecular flexibility index (Phi) is 3.42. The van der Waals surface area contributed by atoms with Crippen molar-refractivity contribution in [3.63, 3.8) is 0 Å². The average Bonchev–Trinajstić information content (AvgIpc) is 2.17. The highest BCUT2D eigenvalue weighted by Gasteiger charge is 2.29. The Hall–Kier alpha value is -1.71. The van der Waals surface area contributed by atoms with E-state index >= 15 is 0 Å². The van der Waals surface area contributed by atoms with Gasteiger partial charge in [0.15, 0.2) is 0 Å². The molecule has 0 aromatic carbocycles. The zero-order chi connectivity index (χ0) is 12.3. The normalized spacial score (nSPS) is 13.2. The molecular weight excluding hydrogens is 204 g/mol. The van der Waals surface area contributed by atoms with E-state index in [1.807, 2.05) is 20.8 Å². The number of hydrogen-bond donors (Lipinski definition) is 1. The fraction of sp³-hybridized carbons (Fsp3) is 0.417. The maximum absolute atomic E-state index is 11.2. The Morgan fingerprint density at radius 3 is 2.56 bits per heavy atom. The number of carbonyl (C=O) groups is 2. The van der Waals surface area contributed by atoms with Gasteiger partial charge >= 0.3 is 0 Å². The molecule has 0 aliphatic heterocycles. The molecule has 0 spiro atoms. The van der Waals surface area contributed by atoms with E-state index in [1.165, 1.54) is 0 Å². The van der Waals surface area contributed by atoms with Crippen molar-refractivity contribution in [3.8, 4) is 0 Å². The van der Waals surface area contributed by atoms with E-state index in [0.717, 1.165) is 6.29 Å². The summed E-state index contributed by atoms with van der Waals surface area (Å²) in [5.41, 5.74) is 5.73. The Bertz CT molecular complexity index is 408. The van der Waals surface area contributed by atoms with Gasteiger partial charge in [0.2, 0.25) is 0 Å². The number of carbonyl (C=O) groups excluding carboxylic acids is 2. The molecule has 0 fully saturated rings. The molecule has 86 valence electrons. The summed E-state index contributed by atoms with van der Waals surface area (Å²) in [6, 6.07) is 3.22. The SMILES string of the molecule is CC(C)(C)C(C=O)c1ncccc1C(N)=O. The fourth-order valence-electron chi connectivity index (χ4n) is 1.55. The van der Waals surface area contributed by atoms with E-state index in [9.17, 15) is 9.59 Å². The van der Waals surface area contributed by atoms with Crippen LogP contribution in [-0.2, 0) is 4.79 Å². The Labute approximate surface area is 94.9 Å². The van der Waals surface area contributed by atoms with E-state index in [-0.39, 0.29) is 5.41 Å². The molecule has 1 atom stereocenters. The van der Waals surface area contributed by atoms with Crippen LogP contribution in [0, 0.1) is 5.41 Å². The number of nitrogens with zero attached hydrogens (tertiary/aromatic N) is 1. The molecule has 2 N–H and O–H groups in total. The van der Waals surface area contributed by atoms with Crippen LogP contribution >= 0.6 is 0 Å². The summed E-state index contributed by atoms with van der Waals surface area (Å²) in [5, 5.41) is 0. The Morgan fingerprint density at radius 2 is 2.12 bits per heavy atom. The van der Waals surface area contributed by atoms with Crippen LogP contribution < -0.4 is 5.73 Å². The minimum atomic E-state index is -0.556. The van der Waals surface area contributed by atoms with E-state index < -0.39 is 11.8 Å². The van der Waals surface area contributed by atoms with Gasteiger partial charge in [-0.05, 0) is 17.5 Å². The van der Waals surface area contributed by atoms with Gasteiger partial charge < -0.3 is 10.5 Å². The lowest BCUT2D eigenvalue weighted by atomic mass is 9.78. The number of primary amides is 1. The number of nitrogens with two attached hydrogens (primary N) is 1. The van der Waals surface area contributed by atoms with Crippen molar-refractivity contribution in [1.29, 1.82) is 0 Å². The minimum Gasteiger partial charge on any atom is -0.366 e. The van der Waals surface area contributed by atoms with Crippen LogP contribution in [0.25, 0.3) is 0 Å². The zero-order valence-corrected chi connectivity index (χ0v) is 9.73. The molecule has 0 aliphatic carbocycles. The number of hydrogen-bond acceptors (Lipinski definition) is 3. The number of pyridine rings is 1. The molecular formula is C12H16N2O2. The number of aldehydes is 1. The van der Waals surface area contributed by atoms with Gasteiger partial charge in [-0.3, -0.25) is 9.78 Å². The van der Waals surface area contributed by atoms with Crippen molar-refractivity contribution in [2.24, 2.45) is 11.1 Å². The first-order valence-electron chi connectivity index (χ1n) is 5.08. The van der Waals surface area contributed by atoms with Gasteiger partial charge in [0.1, 0.15) is 6.29 Å². The summed E-state index contributed by atoms with van der Waals surface area (Å²) in [4.78, 5) is 26.5. The van der Waals surface area contributed by atoms with E-state index in [1.54, 1.807) is 18.3 Å². The van der Waals surface area contributed by atoms with Crippen LogP contribution in [0.2, 0.25) is 0 Å². The molecule has 0 bridgehead atoms. The number of aromatic nitrogens is 1. The average molecular weight is 220 g/mol. The van der Waals surface area contributed by atoms with Gasteiger partial charge in [0.05, 0.1) is 17.2 Å². The summed E-state index contributed by atoms with van der Waals surface area (Å²) in [6.07, 6.45) is 2.37. The highest BCUT2D eigenvalue weighted by atomic mass is 16.1. The lowest BCUT2D eigenvalue weighted by Gasteiger charge is -2.26. The van der Waals surface area contributed by atoms with Crippen molar-refractivity contribution in [1.82, 2.24) is 4.98 Å². The van der Waals surface area contributed by atoms with E-state index in [2.05, 4.69) is 4.98 Å². The highest BCUT2D eigenvalue weighted by Crippen LogP contribution is 2.33. The van der Waals surface area contributed by atoms with Crippen molar-refractivity contribution in [2.45, 2.75) is 26.7 Å². The maximum atomic E-state index is 11.2. The quantitative estimate of drug-likeness (QED) is 0.785. The summed E-state index contributed by atoms with van der Waals surface area (Å²) in [5.74, 6) is -0.990. The summed E-state index contributed by atoms with van der Waals surface area (Å²) >= 11 is 0. The predicted molar refractivity (Wildman–Crippen MR) is 61.0 cm³/mol.